The second-order valence-electron chi connectivity index (χ2n) is 6.33. The molecule has 0 aliphatic carbocycles. The number of carbonyl (C=O) groups excluding carboxylic acids is 1. The molecule has 116 valence electrons. The molecule has 4 nitrogen and oxygen atoms in total. The minimum atomic E-state index is -0.511. The van der Waals surface area contributed by atoms with Gasteiger partial charge in [-0.15, -0.1) is 0 Å². The fourth-order valence-electron chi connectivity index (χ4n) is 2.40. The number of rotatable bonds is 1. The van der Waals surface area contributed by atoms with Gasteiger partial charge in [-0.3, -0.25) is 0 Å². The second-order valence-corrected chi connectivity index (χ2v) is 7.14. The predicted octanol–water partition coefficient (Wildman–Crippen LogP) is 3.66. The molecule has 0 radical (unpaired) electrons. The summed E-state index contributed by atoms with van der Waals surface area (Å²) in [4.78, 5) is 13.7. The Labute approximate surface area is 135 Å². The first kappa shape index (κ1) is 16.4. The van der Waals surface area contributed by atoms with Crippen molar-refractivity contribution in [1.29, 1.82) is 0 Å². The highest BCUT2D eigenvalue weighted by Crippen LogP contribution is 2.31. The first-order chi connectivity index (χ1) is 9.67. The molecular weight excluding hydrogens is 311 g/mol. The number of nitrogens with two attached hydrogens (primary N) is 1. The molecule has 1 saturated heterocycles. The normalized spacial score (nSPS) is 22.5. The van der Waals surface area contributed by atoms with Crippen LogP contribution in [0.5, 0.6) is 0 Å². The van der Waals surface area contributed by atoms with E-state index in [0.29, 0.717) is 23.1 Å². The molecule has 1 aliphatic rings. The Morgan fingerprint density at radius 1 is 1.29 bits per heavy atom. The molecule has 1 amide bonds. The van der Waals surface area contributed by atoms with Gasteiger partial charge in [-0.1, -0.05) is 29.3 Å². The molecule has 1 aromatic carbocycles. The molecule has 0 saturated carbocycles. The predicted molar refractivity (Wildman–Crippen MR) is 85.0 cm³/mol. The van der Waals surface area contributed by atoms with Gasteiger partial charge in [0.05, 0.1) is 10.0 Å². The summed E-state index contributed by atoms with van der Waals surface area (Å²) < 4.78 is 5.38. The Hall–Kier alpha value is -0.970. The lowest BCUT2D eigenvalue weighted by Crippen LogP contribution is -2.36. The van der Waals surface area contributed by atoms with Crippen molar-refractivity contribution in [3.63, 3.8) is 0 Å². The number of likely N-dealkylation sites (tertiary alicyclic amines) is 1. The minimum absolute atomic E-state index is 0.0345. The summed E-state index contributed by atoms with van der Waals surface area (Å²) in [5, 5.41) is 1.01. The van der Waals surface area contributed by atoms with Crippen LogP contribution in [-0.2, 0) is 4.74 Å². The Kier molecular flexibility index (Phi) is 4.71. The topological polar surface area (TPSA) is 55.6 Å². The first-order valence-electron chi connectivity index (χ1n) is 6.86. The molecule has 1 fully saturated rings. The maximum Gasteiger partial charge on any atom is 0.410 e. The van der Waals surface area contributed by atoms with E-state index in [2.05, 4.69) is 0 Å². The highest BCUT2D eigenvalue weighted by atomic mass is 35.5. The number of hydrogen-bond acceptors (Lipinski definition) is 3. The molecule has 1 aromatic rings. The van der Waals surface area contributed by atoms with E-state index < -0.39 is 5.60 Å². The molecule has 1 unspecified atom stereocenters. The van der Waals surface area contributed by atoms with Gasteiger partial charge in [0.25, 0.3) is 0 Å². The third-order valence-electron chi connectivity index (χ3n) is 3.39. The van der Waals surface area contributed by atoms with Crippen molar-refractivity contribution >= 4 is 29.3 Å². The fraction of sp³-hybridized carbons (Fsp3) is 0.533. The maximum absolute atomic E-state index is 12.1. The van der Waals surface area contributed by atoms with Crippen molar-refractivity contribution in [2.75, 3.05) is 13.1 Å². The van der Waals surface area contributed by atoms with E-state index in [4.69, 9.17) is 33.7 Å². The lowest BCUT2D eigenvalue weighted by Gasteiger charge is -2.24. The monoisotopic (exact) mass is 330 g/mol. The van der Waals surface area contributed by atoms with Gasteiger partial charge in [0.2, 0.25) is 0 Å². The maximum atomic E-state index is 12.1. The van der Waals surface area contributed by atoms with E-state index >= 15 is 0 Å². The zero-order valence-corrected chi connectivity index (χ0v) is 13.9. The van der Waals surface area contributed by atoms with Gasteiger partial charge < -0.3 is 15.4 Å². The molecule has 0 aromatic heterocycles. The summed E-state index contributed by atoms with van der Waals surface area (Å²) in [7, 11) is 0. The molecule has 6 heteroatoms. The van der Waals surface area contributed by atoms with Gasteiger partial charge in [-0.25, -0.2) is 4.79 Å². The van der Waals surface area contributed by atoms with Gasteiger partial charge in [0.1, 0.15) is 5.60 Å². The van der Waals surface area contributed by atoms with E-state index in [1.54, 1.807) is 11.0 Å². The van der Waals surface area contributed by atoms with Gasteiger partial charge in [0.15, 0.2) is 0 Å². The van der Waals surface area contributed by atoms with Crippen LogP contribution in [0.4, 0.5) is 4.79 Å². The van der Waals surface area contributed by atoms with Crippen LogP contribution in [0, 0.1) is 0 Å². The smallest absolute Gasteiger partial charge is 0.410 e. The number of nitrogens with zero attached hydrogens (tertiary/aromatic N) is 1. The van der Waals surface area contributed by atoms with Crippen LogP contribution in [0.3, 0.4) is 0 Å². The lowest BCUT2D eigenvalue weighted by atomic mass is 9.95. The Morgan fingerprint density at radius 2 is 1.95 bits per heavy atom. The van der Waals surface area contributed by atoms with Crippen molar-refractivity contribution in [2.24, 2.45) is 5.73 Å². The molecule has 2 N–H and O–H groups in total. The summed E-state index contributed by atoms with van der Waals surface area (Å²) in [6.07, 6.45) is -0.333. The molecule has 0 spiro atoms. The Morgan fingerprint density at radius 3 is 2.52 bits per heavy atom. The van der Waals surface area contributed by atoms with Crippen LogP contribution < -0.4 is 5.73 Å². The third kappa shape index (κ3) is 4.02. The van der Waals surface area contributed by atoms with Gasteiger partial charge in [-0.2, -0.15) is 0 Å². The third-order valence-corrected chi connectivity index (χ3v) is 4.13. The highest BCUT2D eigenvalue weighted by Gasteiger charge is 2.36. The summed E-state index contributed by atoms with van der Waals surface area (Å²) in [6, 6.07) is 5.32. The first-order valence-corrected chi connectivity index (χ1v) is 7.61. The van der Waals surface area contributed by atoms with Crippen LogP contribution in [0.25, 0.3) is 0 Å². The Balaban J connectivity index is 2.10. The quantitative estimate of drug-likeness (QED) is 0.854. The summed E-state index contributed by atoms with van der Waals surface area (Å²) in [6.45, 7) is 6.53. The van der Waals surface area contributed by atoms with E-state index in [1.165, 1.54) is 0 Å². The van der Waals surface area contributed by atoms with Crippen molar-refractivity contribution in [3.05, 3.63) is 33.8 Å². The summed E-state index contributed by atoms with van der Waals surface area (Å²) in [5.74, 6) is 0.0345. The molecular formula is C15H20Cl2N2O2. The molecule has 0 bridgehead atoms. The average Bonchev–Trinajstić information content (AvgIpc) is 2.73. The van der Waals surface area contributed by atoms with E-state index in [9.17, 15) is 4.79 Å². The zero-order valence-electron chi connectivity index (χ0n) is 12.4. The molecule has 2 rings (SSSR count). The van der Waals surface area contributed by atoms with Crippen LogP contribution in [-0.4, -0.2) is 35.7 Å². The van der Waals surface area contributed by atoms with Crippen molar-refractivity contribution in [1.82, 2.24) is 4.90 Å². The average molecular weight is 331 g/mol. The van der Waals surface area contributed by atoms with Gasteiger partial charge in [0, 0.05) is 25.0 Å². The van der Waals surface area contributed by atoms with Crippen molar-refractivity contribution < 1.29 is 9.53 Å². The fourth-order valence-corrected chi connectivity index (χ4v) is 2.71. The van der Waals surface area contributed by atoms with E-state index in [-0.39, 0.29) is 18.1 Å². The van der Waals surface area contributed by atoms with Crippen molar-refractivity contribution in [3.8, 4) is 0 Å². The van der Waals surface area contributed by atoms with Crippen LogP contribution in [0.2, 0.25) is 10.0 Å². The van der Waals surface area contributed by atoms with E-state index in [1.807, 2.05) is 32.9 Å². The highest BCUT2D eigenvalue weighted by molar-refractivity contribution is 6.42. The van der Waals surface area contributed by atoms with Crippen LogP contribution in [0.1, 0.15) is 32.3 Å². The van der Waals surface area contributed by atoms with Gasteiger partial charge >= 0.3 is 6.09 Å². The van der Waals surface area contributed by atoms with Crippen LogP contribution in [0.15, 0.2) is 18.2 Å². The standard InChI is InChI=1S/C15H20Cl2N2O2/c1-15(2,3)21-14(20)19-7-10(13(18)8-19)9-4-5-11(16)12(17)6-9/h4-6,10,13H,7-8,18H2,1-3H3/t10?,13-/m0/s1. The number of carbonyl (C=O) groups is 1. The number of hydrogen-bond donors (Lipinski definition) is 1. The number of ether oxygens (including phenoxy) is 1. The van der Waals surface area contributed by atoms with E-state index in [0.717, 1.165) is 5.56 Å². The van der Waals surface area contributed by atoms with Crippen LogP contribution >= 0.6 is 23.2 Å². The Bertz CT molecular complexity index is 543. The molecule has 1 aliphatic heterocycles. The number of amides is 1. The minimum Gasteiger partial charge on any atom is -0.444 e. The second kappa shape index (κ2) is 6.03. The molecule has 1 heterocycles. The van der Waals surface area contributed by atoms with Gasteiger partial charge in [-0.05, 0) is 38.5 Å². The molecule has 2 atom stereocenters. The summed E-state index contributed by atoms with van der Waals surface area (Å²) >= 11 is 12.0. The largest absolute Gasteiger partial charge is 0.444 e. The zero-order chi connectivity index (χ0) is 15.8. The number of halogens is 2. The SMILES string of the molecule is CC(C)(C)OC(=O)N1CC(c2ccc(Cl)c(Cl)c2)[C@@H](N)C1. The summed E-state index contributed by atoms with van der Waals surface area (Å²) in [5.41, 5.74) is 6.64. The molecule has 21 heavy (non-hydrogen) atoms. The number of benzene rings is 1. The lowest BCUT2D eigenvalue weighted by molar-refractivity contribution is 0.0290. The van der Waals surface area contributed by atoms with Crippen molar-refractivity contribution in [2.45, 2.75) is 38.3 Å².